The molecule has 0 N–H and O–H groups in total. The molecule has 3 aromatic rings. The van der Waals surface area contributed by atoms with Crippen molar-refractivity contribution in [2.45, 2.75) is 25.9 Å². The van der Waals surface area contributed by atoms with E-state index in [1.807, 2.05) is 16.9 Å². The maximum absolute atomic E-state index is 4.40. The van der Waals surface area contributed by atoms with Crippen LogP contribution in [0.4, 0.5) is 5.69 Å². The van der Waals surface area contributed by atoms with Gasteiger partial charge >= 0.3 is 0 Å². The molecule has 1 saturated heterocycles. The second-order valence-corrected chi connectivity index (χ2v) is 7.22. The molecule has 0 aliphatic carbocycles. The van der Waals surface area contributed by atoms with Gasteiger partial charge < -0.3 is 4.90 Å². The van der Waals surface area contributed by atoms with Crippen LogP contribution in [0.3, 0.4) is 0 Å². The van der Waals surface area contributed by atoms with Gasteiger partial charge in [-0.25, -0.2) is 4.52 Å². The molecule has 1 aliphatic heterocycles. The largest absolute Gasteiger partial charge is 0.368 e. The van der Waals surface area contributed by atoms with Crippen molar-refractivity contribution in [2.24, 2.45) is 5.92 Å². The van der Waals surface area contributed by atoms with Crippen LogP contribution < -0.4 is 4.90 Å². The van der Waals surface area contributed by atoms with Crippen LogP contribution in [0.2, 0.25) is 0 Å². The summed E-state index contributed by atoms with van der Waals surface area (Å²) in [5, 5.41) is 4.40. The van der Waals surface area contributed by atoms with E-state index < -0.39 is 0 Å². The molecule has 4 nitrogen and oxygen atoms in total. The number of likely N-dealkylation sites (tertiary alicyclic amines) is 1. The van der Waals surface area contributed by atoms with Gasteiger partial charge in [0.05, 0.1) is 11.2 Å². The molecule has 0 saturated carbocycles. The molecule has 0 amide bonds. The average Bonchev–Trinajstić information content (AvgIpc) is 3.12. The molecule has 0 bridgehead atoms. The lowest BCUT2D eigenvalue weighted by molar-refractivity contribution is 0.159. The zero-order valence-corrected chi connectivity index (χ0v) is 15.0. The zero-order chi connectivity index (χ0) is 17.2. The van der Waals surface area contributed by atoms with Crippen molar-refractivity contribution in [1.29, 1.82) is 0 Å². The predicted octanol–water partition coefficient (Wildman–Crippen LogP) is 3.68. The first-order valence-electron chi connectivity index (χ1n) is 9.14. The highest BCUT2D eigenvalue weighted by Gasteiger charge is 2.30. The van der Waals surface area contributed by atoms with Crippen LogP contribution >= 0.6 is 0 Å². The lowest BCUT2D eigenvalue weighted by Gasteiger charge is -2.42. The SMILES string of the molecule is CC1CCN(Cc2ccccc2)CC1N(C)c1ccnn2cccc12. The predicted molar refractivity (Wildman–Crippen MR) is 103 cm³/mol. The van der Waals surface area contributed by atoms with E-state index in [2.05, 4.69) is 77.4 Å². The smallest absolute Gasteiger partial charge is 0.0880 e. The molecule has 0 radical (unpaired) electrons. The molecule has 2 atom stereocenters. The normalized spacial score (nSPS) is 21.5. The van der Waals surface area contributed by atoms with E-state index in [9.17, 15) is 0 Å². The number of hydrogen-bond donors (Lipinski definition) is 0. The van der Waals surface area contributed by atoms with E-state index in [0.717, 1.165) is 13.1 Å². The number of piperidine rings is 1. The second kappa shape index (κ2) is 6.89. The van der Waals surface area contributed by atoms with E-state index in [1.54, 1.807) is 0 Å². The van der Waals surface area contributed by atoms with Gasteiger partial charge in [-0.3, -0.25) is 4.90 Å². The number of hydrogen-bond acceptors (Lipinski definition) is 3. The molecule has 0 spiro atoms. The standard InChI is InChI=1S/C21H26N4/c1-17-11-14-24(15-18-7-4-3-5-8-18)16-21(17)23(2)19-10-12-22-25-13-6-9-20(19)25/h3-10,12-13,17,21H,11,14-16H2,1-2H3. The molecular weight excluding hydrogens is 308 g/mol. The highest BCUT2D eigenvalue weighted by Crippen LogP contribution is 2.29. The van der Waals surface area contributed by atoms with Gasteiger partial charge in [-0.2, -0.15) is 5.10 Å². The number of nitrogens with zero attached hydrogens (tertiary/aromatic N) is 4. The summed E-state index contributed by atoms with van der Waals surface area (Å²) >= 11 is 0. The quantitative estimate of drug-likeness (QED) is 0.727. The third-order valence-corrected chi connectivity index (χ3v) is 5.54. The topological polar surface area (TPSA) is 23.8 Å². The maximum atomic E-state index is 4.40. The molecular formula is C21H26N4. The minimum atomic E-state index is 0.513. The molecule has 4 rings (SSSR count). The Hall–Kier alpha value is -2.33. The van der Waals surface area contributed by atoms with Gasteiger partial charge in [0.1, 0.15) is 0 Å². The Morgan fingerprint density at radius 1 is 1.12 bits per heavy atom. The number of anilines is 1. The molecule has 3 heterocycles. The molecule has 1 fully saturated rings. The van der Waals surface area contributed by atoms with Crippen molar-refractivity contribution in [3.05, 3.63) is 66.5 Å². The van der Waals surface area contributed by atoms with Gasteiger partial charge in [-0.15, -0.1) is 0 Å². The number of fused-ring (bicyclic) bond motifs is 1. The molecule has 2 aromatic heterocycles. The summed E-state index contributed by atoms with van der Waals surface area (Å²) in [5.74, 6) is 0.681. The Morgan fingerprint density at radius 3 is 2.80 bits per heavy atom. The average molecular weight is 334 g/mol. The van der Waals surface area contributed by atoms with Crippen LogP contribution in [0.25, 0.3) is 5.52 Å². The van der Waals surface area contributed by atoms with Crippen molar-refractivity contribution in [1.82, 2.24) is 14.5 Å². The molecule has 1 aromatic carbocycles. The third kappa shape index (κ3) is 3.27. The minimum Gasteiger partial charge on any atom is -0.368 e. The van der Waals surface area contributed by atoms with Crippen LogP contribution in [0.1, 0.15) is 18.9 Å². The van der Waals surface area contributed by atoms with Crippen LogP contribution in [0.15, 0.2) is 60.9 Å². The van der Waals surface area contributed by atoms with Crippen molar-refractivity contribution in [3.63, 3.8) is 0 Å². The number of benzene rings is 1. The van der Waals surface area contributed by atoms with Gasteiger partial charge in [0.25, 0.3) is 0 Å². The molecule has 2 unspecified atom stereocenters. The van der Waals surface area contributed by atoms with Gasteiger partial charge in [-0.05, 0) is 42.6 Å². The van der Waals surface area contributed by atoms with Crippen LogP contribution in [-0.4, -0.2) is 40.7 Å². The summed E-state index contributed by atoms with van der Waals surface area (Å²) in [6.45, 7) is 5.70. The van der Waals surface area contributed by atoms with Gasteiger partial charge in [0, 0.05) is 38.6 Å². The van der Waals surface area contributed by atoms with Crippen LogP contribution in [-0.2, 0) is 6.54 Å². The molecule has 130 valence electrons. The second-order valence-electron chi connectivity index (χ2n) is 7.22. The first kappa shape index (κ1) is 16.2. The maximum Gasteiger partial charge on any atom is 0.0880 e. The van der Waals surface area contributed by atoms with E-state index in [4.69, 9.17) is 0 Å². The van der Waals surface area contributed by atoms with Crippen LogP contribution in [0, 0.1) is 5.92 Å². The number of rotatable bonds is 4. The Kier molecular flexibility index (Phi) is 4.45. The Balaban J connectivity index is 1.54. The highest BCUT2D eigenvalue weighted by molar-refractivity contribution is 5.72. The van der Waals surface area contributed by atoms with Crippen molar-refractivity contribution in [2.75, 3.05) is 25.0 Å². The van der Waals surface area contributed by atoms with Crippen molar-refractivity contribution in [3.8, 4) is 0 Å². The van der Waals surface area contributed by atoms with Crippen molar-refractivity contribution < 1.29 is 0 Å². The van der Waals surface area contributed by atoms with Gasteiger partial charge in [-0.1, -0.05) is 37.3 Å². The van der Waals surface area contributed by atoms with Crippen LogP contribution in [0.5, 0.6) is 0 Å². The van der Waals surface area contributed by atoms with E-state index in [-0.39, 0.29) is 0 Å². The first-order valence-corrected chi connectivity index (χ1v) is 9.14. The summed E-state index contributed by atoms with van der Waals surface area (Å²) in [6.07, 6.45) is 5.15. The minimum absolute atomic E-state index is 0.513. The zero-order valence-electron chi connectivity index (χ0n) is 15.0. The van der Waals surface area contributed by atoms with E-state index >= 15 is 0 Å². The van der Waals surface area contributed by atoms with E-state index in [0.29, 0.717) is 12.0 Å². The van der Waals surface area contributed by atoms with E-state index in [1.165, 1.54) is 29.7 Å². The molecule has 1 aliphatic rings. The Labute approximate surface area is 149 Å². The molecule has 25 heavy (non-hydrogen) atoms. The highest BCUT2D eigenvalue weighted by atomic mass is 15.3. The summed E-state index contributed by atoms with van der Waals surface area (Å²) in [5.41, 5.74) is 3.84. The number of aromatic nitrogens is 2. The summed E-state index contributed by atoms with van der Waals surface area (Å²) in [7, 11) is 2.23. The third-order valence-electron chi connectivity index (χ3n) is 5.54. The monoisotopic (exact) mass is 334 g/mol. The summed E-state index contributed by atoms with van der Waals surface area (Å²) in [6, 6.07) is 17.7. The lowest BCUT2D eigenvalue weighted by Crippen LogP contribution is -2.50. The fourth-order valence-electron chi connectivity index (χ4n) is 4.02. The van der Waals surface area contributed by atoms with Gasteiger partial charge in [0.2, 0.25) is 0 Å². The van der Waals surface area contributed by atoms with Crippen molar-refractivity contribution >= 4 is 11.2 Å². The lowest BCUT2D eigenvalue weighted by atomic mass is 9.91. The number of likely N-dealkylation sites (N-methyl/N-ethyl adjacent to an activating group) is 1. The Bertz CT molecular complexity index is 826. The summed E-state index contributed by atoms with van der Waals surface area (Å²) < 4.78 is 1.96. The fourth-order valence-corrected chi connectivity index (χ4v) is 4.02. The first-order chi connectivity index (χ1) is 12.2. The Morgan fingerprint density at radius 2 is 1.96 bits per heavy atom. The van der Waals surface area contributed by atoms with Gasteiger partial charge in [0.15, 0.2) is 0 Å². The molecule has 4 heteroatoms. The fraction of sp³-hybridized carbons (Fsp3) is 0.381. The summed E-state index contributed by atoms with van der Waals surface area (Å²) in [4.78, 5) is 5.05.